The second kappa shape index (κ2) is 5.35. The van der Waals surface area contributed by atoms with Crippen molar-refractivity contribution in [2.24, 2.45) is 0 Å². The van der Waals surface area contributed by atoms with Crippen molar-refractivity contribution in [1.82, 2.24) is 10.5 Å². The Morgan fingerprint density at radius 3 is 2.72 bits per heavy atom. The van der Waals surface area contributed by atoms with Crippen LogP contribution in [0.15, 0.2) is 35.0 Å². The molecule has 0 aliphatic rings. The van der Waals surface area contributed by atoms with Gasteiger partial charge in [-0.2, -0.15) is 0 Å². The molecule has 0 spiro atoms. The number of phenolic OH excluding ortho intramolecular Hbond substituents is 1. The third kappa shape index (κ3) is 2.88. The molecule has 0 aliphatic carbocycles. The third-order valence-corrected chi connectivity index (χ3v) is 2.63. The van der Waals surface area contributed by atoms with E-state index in [1.165, 1.54) is 6.20 Å². The lowest BCUT2D eigenvalue weighted by Gasteiger charge is -2.04. The van der Waals surface area contributed by atoms with Gasteiger partial charge in [0.25, 0.3) is 5.91 Å². The first-order valence-electron chi connectivity index (χ1n) is 5.64. The van der Waals surface area contributed by atoms with Gasteiger partial charge in [0.2, 0.25) is 0 Å². The first-order chi connectivity index (χ1) is 8.66. The van der Waals surface area contributed by atoms with Gasteiger partial charge in [0.1, 0.15) is 17.1 Å². The molecule has 0 aliphatic heterocycles. The number of nitrogens with one attached hydrogen (secondary N) is 1. The summed E-state index contributed by atoms with van der Waals surface area (Å²) in [4.78, 5) is 11.7. The van der Waals surface area contributed by atoms with Gasteiger partial charge >= 0.3 is 0 Å². The van der Waals surface area contributed by atoms with Crippen molar-refractivity contribution in [1.29, 1.82) is 0 Å². The molecule has 1 amide bonds. The highest BCUT2D eigenvalue weighted by molar-refractivity contribution is 5.94. The number of carbonyl (C=O) groups is 1. The molecule has 2 aromatic rings. The molecule has 0 radical (unpaired) electrons. The highest BCUT2D eigenvalue weighted by atomic mass is 16.5. The van der Waals surface area contributed by atoms with Gasteiger partial charge in [-0.15, -0.1) is 0 Å². The largest absolute Gasteiger partial charge is 0.508 e. The highest BCUT2D eigenvalue weighted by Gasteiger charge is 2.11. The molecule has 0 fully saturated rings. The van der Waals surface area contributed by atoms with E-state index in [0.717, 1.165) is 5.56 Å². The Balaban J connectivity index is 1.84. The maximum Gasteiger partial charge on any atom is 0.256 e. The standard InChI is InChI=1S/C13H14N2O3/c1-9-12(8-15-18-9)13(17)14-7-6-10-2-4-11(16)5-3-10/h2-5,8,16H,6-7H2,1H3,(H,14,17). The van der Waals surface area contributed by atoms with Gasteiger partial charge in [-0.3, -0.25) is 4.79 Å². The number of nitrogens with zero attached hydrogens (tertiary/aromatic N) is 1. The summed E-state index contributed by atoms with van der Waals surface area (Å²) in [6.45, 7) is 2.22. The minimum Gasteiger partial charge on any atom is -0.508 e. The third-order valence-electron chi connectivity index (χ3n) is 2.63. The van der Waals surface area contributed by atoms with Crippen LogP contribution in [0.25, 0.3) is 0 Å². The van der Waals surface area contributed by atoms with Gasteiger partial charge < -0.3 is 14.9 Å². The van der Waals surface area contributed by atoms with Crippen LogP contribution in [-0.2, 0) is 6.42 Å². The smallest absolute Gasteiger partial charge is 0.256 e. The van der Waals surface area contributed by atoms with Gasteiger partial charge in [-0.25, -0.2) is 0 Å². The molecule has 0 bridgehead atoms. The minimum atomic E-state index is -0.187. The lowest BCUT2D eigenvalue weighted by atomic mass is 10.1. The van der Waals surface area contributed by atoms with Gasteiger partial charge in [-0.1, -0.05) is 17.3 Å². The average molecular weight is 246 g/mol. The van der Waals surface area contributed by atoms with E-state index in [1.54, 1.807) is 19.1 Å². The fourth-order valence-electron chi connectivity index (χ4n) is 1.59. The first kappa shape index (κ1) is 12.2. The highest BCUT2D eigenvalue weighted by Crippen LogP contribution is 2.10. The Hall–Kier alpha value is -2.30. The Labute approximate surface area is 104 Å². The number of rotatable bonds is 4. The quantitative estimate of drug-likeness (QED) is 0.860. The number of aromatic nitrogens is 1. The molecule has 2 rings (SSSR count). The number of carbonyl (C=O) groups excluding carboxylic acids is 1. The van der Waals surface area contributed by atoms with E-state index in [1.807, 2.05) is 12.1 Å². The van der Waals surface area contributed by atoms with Crippen molar-refractivity contribution in [3.05, 3.63) is 47.3 Å². The van der Waals surface area contributed by atoms with E-state index in [9.17, 15) is 4.79 Å². The summed E-state index contributed by atoms with van der Waals surface area (Å²) in [5, 5.41) is 15.5. The molecule has 0 unspecified atom stereocenters. The number of hydrogen-bond donors (Lipinski definition) is 2. The van der Waals surface area contributed by atoms with Crippen molar-refractivity contribution in [3.63, 3.8) is 0 Å². The van der Waals surface area contributed by atoms with Crippen LogP contribution in [0.2, 0.25) is 0 Å². The average Bonchev–Trinajstić information content (AvgIpc) is 2.78. The summed E-state index contributed by atoms with van der Waals surface area (Å²) < 4.78 is 4.82. The summed E-state index contributed by atoms with van der Waals surface area (Å²) in [6.07, 6.45) is 2.11. The van der Waals surface area contributed by atoms with Crippen molar-refractivity contribution in [2.75, 3.05) is 6.54 Å². The number of benzene rings is 1. The summed E-state index contributed by atoms with van der Waals surface area (Å²) in [5.41, 5.74) is 1.51. The monoisotopic (exact) mass is 246 g/mol. The Bertz CT molecular complexity index is 531. The maximum absolute atomic E-state index is 11.7. The first-order valence-corrected chi connectivity index (χ1v) is 5.64. The molecular formula is C13H14N2O3. The van der Waals surface area contributed by atoms with E-state index >= 15 is 0 Å². The SMILES string of the molecule is Cc1oncc1C(=O)NCCc1ccc(O)cc1. The van der Waals surface area contributed by atoms with E-state index in [2.05, 4.69) is 10.5 Å². The predicted molar refractivity (Wildman–Crippen MR) is 65.4 cm³/mol. The van der Waals surface area contributed by atoms with E-state index in [0.29, 0.717) is 24.3 Å². The summed E-state index contributed by atoms with van der Waals surface area (Å²) in [5.74, 6) is 0.563. The van der Waals surface area contributed by atoms with E-state index in [4.69, 9.17) is 9.63 Å². The molecule has 0 atom stereocenters. The topological polar surface area (TPSA) is 75.4 Å². The molecule has 2 N–H and O–H groups in total. The second-order valence-electron chi connectivity index (χ2n) is 3.97. The molecule has 0 saturated heterocycles. The van der Waals surface area contributed by atoms with E-state index in [-0.39, 0.29) is 11.7 Å². The van der Waals surface area contributed by atoms with Crippen LogP contribution < -0.4 is 5.32 Å². The van der Waals surface area contributed by atoms with Crippen LogP contribution in [-0.4, -0.2) is 22.7 Å². The molecule has 5 nitrogen and oxygen atoms in total. The van der Waals surface area contributed by atoms with Gasteiger partial charge in [0, 0.05) is 6.54 Å². The molecule has 5 heteroatoms. The predicted octanol–water partition coefficient (Wildman–Crippen LogP) is 1.66. The molecule has 1 heterocycles. The molecular weight excluding hydrogens is 232 g/mol. The number of amides is 1. The van der Waals surface area contributed by atoms with Crippen LogP contribution in [0.5, 0.6) is 5.75 Å². The van der Waals surface area contributed by atoms with Gasteiger partial charge in [-0.05, 0) is 31.0 Å². The van der Waals surface area contributed by atoms with Crippen LogP contribution in [0.4, 0.5) is 0 Å². The van der Waals surface area contributed by atoms with Crippen LogP contribution >= 0.6 is 0 Å². The Morgan fingerprint density at radius 2 is 2.11 bits per heavy atom. The molecule has 94 valence electrons. The van der Waals surface area contributed by atoms with Crippen LogP contribution in [0, 0.1) is 6.92 Å². The molecule has 18 heavy (non-hydrogen) atoms. The van der Waals surface area contributed by atoms with Crippen molar-refractivity contribution < 1.29 is 14.4 Å². The van der Waals surface area contributed by atoms with Gasteiger partial charge in [0.15, 0.2) is 0 Å². The summed E-state index contributed by atoms with van der Waals surface area (Å²) in [7, 11) is 0. The Morgan fingerprint density at radius 1 is 1.39 bits per heavy atom. The molecule has 1 aromatic heterocycles. The van der Waals surface area contributed by atoms with Gasteiger partial charge in [0.05, 0.1) is 6.20 Å². The number of phenols is 1. The number of aryl methyl sites for hydroxylation is 1. The second-order valence-corrected chi connectivity index (χ2v) is 3.97. The molecule has 1 aromatic carbocycles. The summed E-state index contributed by atoms with van der Waals surface area (Å²) in [6, 6.07) is 6.90. The number of hydrogen-bond acceptors (Lipinski definition) is 4. The van der Waals surface area contributed by atoms with Crippen LogP contribution in [0.1, 0.15) is 21.7 Å². The lowest BCUT2D eigenvalue weighted by molar-refractivity contribution is 0.0952. The van der Waals surface area contributed by atoms with Crippen LogP contribution in [0.3, 0.4) is 0 Å². The fourth-order valence-corrected chi connectivity index (χ4v) is 1.59. The van der Waals surface area contributed by atoms with Crippen molar-refractivity contribution >= 4 is 5.91 Å². The fraction of sp³-hybridized carbons (Fsp3) is 0.231. The minimum absolute atomic E-state index is 0.187. The van der Waals surface area contributed by atoms with E-state index < -0.39 is 0 Å². The number of aromatic hydroxyl groups is 1. The van der Waals surface area contributed by atoms with Crippen molar-refractivity contribution in [2.45, 2.75) is 13.3 Å². The zero-order valence-electron chi connectivity index (χ0n) is 10.0. The molecule has 0 saturated carbocycles. The van der Waals surface area contributed by atoms with Crippen molar-refractivity contribution in [3.8, 4) is 5.75 Å². The lowest BCUT2D eigenvalue weighted by Crippen LogP contribution is -2.25. The zero-order valence-corrected chi connectivity index (χ0v) is 10.0. The normalized spacial score (nSPS) is 10.3. The summed E-state index contributed by atoms with van der Waals surface area (Å²) >= 11 is 0. The maximum atomic E-state index is 11.7. The Kier molecular flexibility index (Phi) is 3.62. The zero-order chi connectivity index (χ0) is 13.0.